The van der Waals surface area contributed by atoms with E-state index in [9.17, 15) is 9.59 Å². The Hall–Kier alpha value is -3.21. The van der Waals surface area contributed by atoms with Crippen molar-refractivity contribution in [1.29, 1.82) is 0 Å². The van der Waals surface area contributed by atoms with Gasteiger partial charge in [0.2, 0.25) is 17.0 Å². The molecule has 1 atom stereocenters. The smallest absolute Gasteiger partial charge is 0.260 e. The Balaban J connectivity index is 1.97. The van der Waals surface area contributed by atoms with Crippen molar-refractivity contribution in [2.45, 2.75) is 38.9 Å². The number of hydrogen-bond donors (Lipinski definition) is 2. The number of allylic oxidation sites excluding steroid dienone is 1. The number of nitrogens with one attached hydrogen (secondary N) is 1. The SMILES string of the molecule is CCSc1nc2n(n1)C(c1ccc(OCC(=O)N(CC)CC)c(OC)c1)C(C(N)=O)=C(C)N2. The van der Waals surface area contributed by atoms with E-state index >= 15 is 0 Å². The molecule has 33 heavy (non-hydrogen) atoms. The Morgan fingerprint density at radius 2 is 1.97 bits per heavy atom. The van der Waals surface area contributed by atoms with Gasteiger partial charge in [-0.05, 0) is 44.2 Å². The van der Waals surface area contributed by atoms with E-state index in [1.54, 1.807) is 28.6 Å². The third-order valence-corrected chi connectivity index (χ3v) is 6.06. The number of primary amides is 1. The first-order chi connectivity index (χ1) is 15.8. The molecule has 2 aromatic rings. The second-order valence-corrected chi connectivity index (χ2v) is 8.52. The van der Waals surface area contributed by atoms with Gasteiger partial charge in [-0.3, -0.25) is 9.59 Å². The molecule has 0 aliphatic carbocycles. The predicted octanol–water partition coefficient (Wildman–Crippen LogP) is 2.42. The summed E-state index contributed by atoms with van der Waals surface area (Å²) < 4.78 is 12.9. The first-order valence-electron chi connectivity index (χ1n) is 10.8. The summed E-state index contributed by atoms with van der Waals surface area (Å²) in [4.78, 5) is 30.9. The van der Waals surface area contributed by atoms with Gasteiger partial charge in [-0.1, -0.05) is 24.8 Å². The van der Waals surface area contributed by atoms with Crippen LogP contribution < -0.4 is 20.5 Å². The molecule has 1 aromatic carbocycles. The lowest BCUT2D eigenvalue weighted by Gasteiger charge is -2.28. The summed E-state index contributed by atoms with van der Waals surface area (Å²) >= 11 is 1.50. The van der Waals surface area contributed by atoms with Gasteiger partial charge >= 0.3 is 0 Å². The first-order valence-corrected chi connectivity index (χ1v) is 11.8. The highest BCUT2D eigenvalue weighted by molar-refractivity contribution is 7.99. The van der Waals surface area contributed by atoms with Crippen LogP contribution in [0.2, 0.25) is 0 Å². The van der Waals surface area contributed by atoms with Crippen molar-refractivity contribution in [3.8, 4) is 11.5 Å². The summed E-state index contributed by atoms with van der Waals surface area (Å²) in [6, 6.07) is 4.71. The molecule has 1 aliphatic heterocycles. The zero-order chi connectivity index (χ0) is 24.1. The number of amides is 2. The van der Waals surface area contributed by atoms with Crippen molar-refractivity contribution in [3.63, 3.8) is 0 Å². The normalized spacial score (nSPS) is 15.0. The van der Waals surface area contributed by atoms with Gasteiger partial charge in [0.25, 0.3) is 5.91 Å². The summed E-state index contributed by atoms with van der Waals surface area (Å²) in [5.74, 6) is 1.55. The lowest BCUT2D eigenvalue weighted by molar-refractivity contribution is -0.133. The maximum absolute atomic E-state index is 12.4. The number of benzene rings is 1. The lowest BCUT2D eigenvalue weighted by atomic mass is 9.95. The van der Waals surface area contributed by atoms with Crippen LogP contribution in [-0.4, -0.2) is 64.0 Å². The average molecular weight is 475 g/mol. The quantitative estimate of drug-likeness (QED) is 0.503. The number of hydrogen-bond acceptors (Lipinski definition) is 8. The molecule has 2 heterocycles. The van der Waals surface area contributed by atoms with Gasteiger partial charge in [-0.25, -0.2) is 4.68 Å². The highest BCUT2D eigenvalue weighted by Gasteiger charge is 2.34. The number of fused-ring (bicyclic) bond motifs is 1. The maximum atomic E-state index is 12.4. The molecule has 1 aromatic heterocycles. The van der Waals surface area contributed by atoms with Crippen LogP contribution in [0.15, 0.2) is 34.6 Å². The molecule has 10 nitrogen and oxygen atoms in total. The molecular formula is C22H30N6O4S. The van der Waals surface area contributed by atoms with Crippen molar-refractivity contribution in [2.24, 2.45) is 5.73 Å². The van der Waals surface area contributed by atoms with Crippen molar-refractivity contribution in [3.05, 3.63) is 35.0 Å². The van der Waals surface area contributed by atoms with Crippen LogP contribution in [0.1, 0.15) is 39.3 Å². The van der Waals surface area contributed by atoms with E-state index in [-0.39, 0.29) is 12.5 Å². The molecule has 1 unspecified atom stereocenters. The maximum Gasteiger partial charge on any atom is 0.260 e. The van der Waals surface area contributed by atoms with Crippen LogP contribution in [0.4, 0.5) is 5.95 Å². The molecule has 0 radical (unpaired) electrons. The zero-order valence-corrected chi connectivity index (χ0v) is 20.4. The Morgan fingerprint density at radius 3 is 2.58 bits per heavy atom. The number of anilines is 1. The van der Waals surface area contributed by atoms with Gasteiger partial charge in [0.15, 0.2) is 18.1 Å². The van der Waals surface area contributed by atoms with Gasteiger partial charge in [-0.15, -0.1) is 5.10 Å². The number of nitrogens with two attached hydrogens (primary N) is 1. The number of likely N-dealkylation sites (N-methyl/N-ethyl adjacent to an activating group) is 1. The molecule has 0 saturated carbocycles. The van der Waals surface area contributed by atoms with Crippen LogP contribution in [0.5, 0.6) is 11.5 Å². The van der Waals surface area contributed by atoms with Crippen molar-refractivity contribution < 1.29 is 19.1 Å². The van der Waals surface area contributed by atoms with E-state index in [2.05, 4.69) is 15.4 Å². The minimum atomic E-state index is -0.585. The lowest BCUT2D eigenvalue weighted by Crippen LogP contribution is -2.34. The fourth-order valence-electron chi connectivity index (χ4n) is 3.73. The van der Waals surface area contributed by atoms with Crippen molar-refractivity contribution >= 4 is 29.5 Å². The Kier molecular flexibility index (Phi) is 7.85. The van der Waals surface area contributed by atoms with Gasteiger partial charge < -0.3 is 25.4 Å². The van der Waals surface area contributed by atoms with Crippen molar-refractivity contribution in [2.75, 3.05) is 37.9 Å². The minimum absolute atomic E-state index is 0.0961. The number of rotatable bonds is 10. The molecule has 3 N–H and O–H groups in total. The highest BCUT2D eigenvalue weighted by atomic mass is 32.2. The minimum Gasteiger partial charge on any atom is -0.493 e. The fourth-order valence-corrected chi connectivity index (χ4v) is 4.28. The fraction of sp³-hybridized carbons (Fsp3) is 0.455. The number of carbonyl (C=O) groups excluding carboxylic acids is 2. The van der Waals surface area contributed by atoms with E-state index in [0.29, 0.717) is 47.0 Å². The summed E-state index contributed by atoms with van der Waals surface area (Å²) in [5, 5.41) is 8.31. The second-order valence-electron chi connectivity index (χ2n) is 7.29. The molecule has 0 fully saturated rings. The zero-order valence-electron chi connectivity index (χ0n) is 19.5. The van der Waals surface area contributed by atoms with E-state index in [0.717, 1.165) is 11.3 Å². The standard InChI is InChI=1S/C22H30N6O4S/c1-6-27(7-2)17(29)12-32-15-10-9-14(11-16(15)31-5)19-18(20(23)30)13(4)24-21-25-22(33-8-3)26-28(19)21/h9-11,19H,6-8,12H2,1-5H3,(H2,23,30)(H,24,25,26). The number of thioether (sulfide) groups is 1. The molecule has 2 amide bonds. The molecule has 0 spiro atoms. The van der Waals surface area contributed by atoms with Gasteiger partial charge in [-0.2, -0.15) is 4.98 Å². The van der Waals surface area contributed by atoms with Gasteiger partial charge in [0, 0.05) is 18.8 Å². The van der Waals surface area contributed by atoms with Crippen LogP contribution in [0.25, 0.3) is 0 Å². The number of ether oxygens (including phenoxy) is 2. The molecule has 11 heteroatoms. The summed E-state index contributed by atoms with van der Waals surface area (Å²) in [6.45, 7) is 8.78. The van der Waals surface area contributed by atoms with Crippen LogP contribution >= 0.6 is 11.8 Å². The largest absolute Gasteiger partial charge is 0.493 e. The molecule has 0 bridgehead atoms. The van der Waals surface area contributed by atoms with Gasteiger partial charge in [0.1, 0.15) is 6.04 Å². The highest BCUT2D eigenvalue weighted by Crippen LogP contribution is 2.39. The second kappa shape index (κ2) is 10.6. The first kappa shape index (κ1) is 24.4. The van der Waals surface area contributed by atoms with Crippen LogP contribution in [-0.2, 0) is 9.59 Å². The Morgan fingerprint density at radius 1 is 1.24 bits per heavy atom. The molecule has 1 aliphatic rings. The van der Waals surface area contributed by atoms with Crippen molar-refractivity contribution in [1.82, 2.24) is 19.7 Å². The molecule has 178 valence electrons. The average Bonchev–Trinajstić information content (AvgIpc) is 3.19. The number of aromatic nitrogens is 3. The van der Waals surface area contributed by atoms with E-state index in [1.807, 2.05) is 26.8 Å². The predicted molar refractivity (Wildman–Crippen MR) is 126 cm³/mol. The summed E-state index contributed by atoms with van der Waals surface area (Å²) in [5.41, 5.74) is 7.47. The third-order valence-electron chi connectivity index (χ3n) is 5.34. The number of methoxy groups -OCH3 is 1. The Labute approximate surface area is 197 Å². The van der Waals surface area contributed by atoms with Gasteiger partial charge in [0.05, 0.1) is 12.7 Å². The van der Waals surface area contributed by atoms with E-state index in [4.69, 9.17) is 15.2 Å². The third kappa shape index (κ3) is 5.08. The monoisotopic (exact) mass is 474 g/mol. The van der Waals surface area contributed by atoms with Crippen LogP contribution in [0, 0.1) is 0 Å². The topological polar surface area (TPSA) is 125 Å². The molecule has 0 saturated heterocycles. The van der Waals surface area contributed by atoms with Crippen LogP contribution in [0.3, 0.4) is 0 Å². The van der Waals surface area contributed by atoms with E-state index < -0.39 is 11.9 Å². The molecule has 3 rings (SSSR count). The van der Waals surface area contributed by atoms with E-state index in [1.165, 1.54) is 18.9 Å². The number of nitrogens with zero attached hydrogens (tertiary/aromatic N) is 4. The summed E-state index contributed by atoms with van der Waals surface area (Å²) in [7, 11) is 1.52. The Bertz CT molecular complexity index is 1060. The molecular weight excluding hydrogens is 444 g/mol. The summed E-state index contributed by atoms with van der Waals surface area (Å²) in [6.07, 6.45) is 0. The number of carbonyl (C=O) groups is 2.